The predicted octanol–water partition coefficient (Wildman–Crippen LogP) is 2.84. The Labute approximate surface area is 109 Å². The minimum absolute atomic E-state index is 0.376. The molecule has 1 heterocycles. The lowest BCUT2D eigenvalue weighted by Crippen LogP contribution is -1.98. The highest BCUT2D eigenvalue weighted by molar-refractivity contribution is 7.98. The van der Waals surface area contributed by atoms with Crippen molar-refractivity contribution in [1.29, 1.82) is 0 Å². The monoisotopic (exact) mass is 285 g/mol. The summed E-state index contributed by atoms with van der Waals surface area (Å²) < 4.78 is 23.4. The van der Waals surface area contributed by atoms with Crippen LogP contribution in [-0.4, -0.2) is 19.7 Å². The Balaban J connectivity index is 2.13. The molecule has 0 bridgehead atoms. The summed E-state index contributed by atoms with van der Waals surface area (Å²) in [5, 5.41) is 0. The third kappa shape index (κ3) is 3.31. The molecule has 0 unspecified atom stereocenters. The van der Waals surface area contributed by atoms with Gasteiger partial charge in [0.15, 0.2) is 9.84 Å². The van der Waals surface area contributed by atoms with Crippen LogP contribution in [-0.2, 0) is 15.6 Å². The summed E-state index contributed by atoms with van der Waals surface area (Å²) >= 11 is 2.77. The lowest BCUT2D eigenvalue weighted by atomic mass is 10.4. The van der Waals surface area contributed by atoms with Crippen molar-refractivity contribution in [1.82, 2.24) is 4.98 Å². The molecule has 1 aromatic carbocycles. The van der Waals surface area contributed by atoms with Crippen LogP contribution < -0.4 is 0 Å². The number of benzene rings is 1. The molecule has 0 radical (unpaired) electrons. The number of nitrogens with zero attached hydrogens (tertiary/aromatic N) is 1. The van der Waals surface area contributed by atoms with Crippen LogP contribution in [0.15, 0.2) is 44.9 Å². The van der Waals surface area contributed by atoms with E-state index in [-0.39, 0.29) is 0 Å². The van der Waals surface area contributed by atoms with E-state index in [4.69, 9.17) is 0 Å². The van der Waals surface area contributed by atoms with Gasteiger partial charge in [-0.1, -0.05) is 18.2 Å². The van der Waals surface area contributed by atoms with E-state index >= 15 is 0 Å². The summed E-state index contributed by atoms with van der Waals surface area (Å²) in [5.74, 6) is 0.579. The van der Waals surface area contributed by atoms with E-state index in [9.17, 15) is 8.42 Å². The summed E-state index contributed by atoms with van der Waals surface area (Å²) in [6.45, 7) is 0. The number of hydrogen-bond donors (Lipinski definition) is 0. The number of thiazole rings is 1. The average Bonchev–Trinajstić information content (AvgIpc) is 2.75. The number of rotatable bonds is 4. The van der Waals surface area contributed by atoms with Crippen molar-refractivity contribution < 1.29 is 8.42 Å². The molecule has 0 fully saturated rings. The lowest BCUT2D eigenvalue weighted by Gasteiger charge is -2.01. The van der Waals surface area contributed by atoms with Crippen molar-refractivity contribution in [3.8, 4) is 0 Å². The molecule has 0 atom stereocenters. The maximum Gasteiger partial charge on any atom is 0.186 e. The summed E-state index contributed by atoms with van der Waals surface area (Å²) in [5.41, 5.74) is 2.23. The second-order valence-corrected chi connectivity index (χ2v) is 7.57. The Morgan fingerprint density at radius 2 is 2.00 bits per heavy atom. The normalized spacial score (nSPS) is 11.6. The third-order valence-electron chi connectivity index (χ3n) is 2.06. The fourth-order valence-electron chi connectivity index (χ4n) is 1.32. The van der Waals surface area contributed by atoms with E-state index in [1.54, 1.807) is 17.3 Å². The molecule has 0 aliphatic heterocycles. The summed E-state index contributed by atoms with van der Waals surface area (Å²) in [7, 11) is -3.15. The van der Waals surface area contributed by atoms with E-state index in [0.29, 0.717) is 15.7 Å². The van der Waals surface area contributed by atoms with Crippen LogP contribution in [0.5, 0.6) is 0 Å². The lowest BCUT2D eigenvalue weighted by molar-refractivity contribution is 0.603. The highest BCUT2D eigenvalue weighted by Crippen LogP contribution is 2.27. The van der Waals surface area contributed by atoms with Gasteiger partial charge in [0.1, 0.15) is 4.21 Å². The van der Waals surface area contributed by atoms with Crippen molar-refractivity contribution in [2.75, 3.05) is 6.26 Å². The Kier molecular flexibility index (Phi) is 3.86. The topological polar surface area (TPSA) is 47.0 Å². The Bertz CT molecular complexity index is 590. The fraction of sp³-hybridized carbons (Fsp3) is 0.182. The maximum absolute atomic E-state index is 11.5. The first-order chi connectivity index (χ1) is 8.07. The van der Waals surface area contributed by atoms with Gasteiger partial charge in [0.2, 0.25) is 0 Å². The quantitative estimate of drug-likeness (QED) is 0.810. The van der Waals surface area contributed by atoms with Gasteiger partial charge >= 0.3 is 0 Å². The molecule has 0 aliphatic rings. The maximum atomic E-state index is 11.5. The number of sulfone groups is 1. The molecule has 90 valence electrons. The first-order valence-electron chi connectivity index (χ1n) is 4.87. The summed E-state index contributed by atoms with van der Waals surface area (Å²) in [4.78, 5) is 5.23. The van der Waals surface area contributed by atoms with Crippen molar-refractivity contribution in [3.05, 3.63) is 41.5 Å². The Hall–Kier alpha value is -0.850. The van der Waals surface area contributed by atoms with Gasteiger partial charge in [-0.15, -0.1) is 23.1 Å². The first-order valence-corrected chi connectivity index (χ1v) is 8.63. The highest BCUT2D eigenvalue weighted by Gasteiger charge is 2.16. The van der Waals surface area contributed by atoms with Crippen LogP contribution in [0.3, 0.4) is 0 Å². The second-order valence-electron chi connectivity index (χ2n) is 3.46. The van der Waals surface area contributed by atoms with Crippen LogP contribution in [0.1, 0.15) is 5.69 Å². The van der Waals surface area contributed by atoms with Crippen molar-refractivity contribution in [3.63, 3.8) is 0 Å². The van der Waals surface area contributed by atoms with Crippen LogP contribution >= 0.6 is 23.1 Å². The number of hydrogen-bond acceptors (Lipinski definition) is 5. The zero-order chi connectivity index (χ0) is 12.3. The van der Waals surface area contributed by atoms with Crippen LogP contribution in [0.4, 0.5) is 0 Å². The minimum Gasteiger partial charge on any atom is -0.247 e. The molecule has 0 N–H and O–H groups in total. The standard InChI is InChI=1S/C11H11NO2S3/c1-17(13,14)11-10(12-8-16-11)7-15-9-5-3-2-4-6-9/h2-6,8H,7H2,1H3. The van der Waals surface area contributed by atoms with Crippen LogP contribution in [0.25, 0.3) is 0 Å². The zero-order valence-corrected chi connectivity index (χ0v) is 11.6. The van der Waals surface area contributed by atoms with Gasteiger partial charge in [0.05, 0.1) is 11.2 Å². The molecule has 0 amide bonds. The van der Waals surface area contributed by atoms with E-state index in [1.165, 1.54) is 17.6 Å². The van der Waals surface area contributed by atoms with Gasteiger partial charge < -0.3 is 0 Å². The van der Waals surface area contributed by atoms with E-state index in [1.807, 2.05) is 30.3 Å². The SMILES string of the molecule is CS(=O)(=O)c1scnc1CSc1ccccc1. The van der Waals surface area contributed by atoms with Gasteiger partial charge in [0.25, 0.3) is 0 Å². The van der Waals surface area contributed by atoms with Crippen molar-refractivity contribution in [2.24, 2.45) is 0 Å². The minimum atomic E-state index is -3.15. The molecule has 0 saturated heterocycles. The molecule has 2 rings (SSSR count). The molecule has 17 heavy (non-hydrogen) atoms. The largest absolute Gasteiger partial charge is 0.247 e. The summed E-state index contributed by atoms with van der Waals surface area (Å²) in [6, 6.07) is 9.87. The van der Waals surface area contributed by atoms with Crippen LogP contribution in [0, 0.1) is 0 Å². The molecular weight excluding hydrogens is 274 g/mol. The molecule has 3 nitrogen and oxygen atoms in total. The van der Waals surface area contributed by atoms with Crippen LogP contribution in [0.2, 0.25) is 0 Å². The molecule has 1 aromatic heterocycles. The van der Waals surface area contributed by atoms with Gasteiger partial charge in [0, 0.05) is 16.9 Å². The fourth-order valence-corrected chi connectivity index (χ4v) is 4.30. The van der Waals surface area contributed by atoms with Gasteiger partial charge in [-0.3, -0.25) is 0 Å². The number of thioether (sulfide) groups is 1. The molecule has 0 aliphatic carbocycles. The van der Waals surface area contributed by atoms with E-state index in [0.717, 1.165) is 4.90 Å². The summed E-state index contributed by atoms with van der Waals surface area (Å²) in [6.07, 6.45) is 1.22. The predicted molar refractivity (Wildman–Crippen MR) is 71.2 cm³/mol. The van der Waals surface area contributed by atoms with Gasteiger partial charge in [-0.05, 0) is 12.1 Å². The average molecular weight is 285 g/mol. The number of aromatic nitrogens is 1. The van der Waals surface area contributed by atoms with Crippen molar-refractivity contribution >= 4 is 32.9 Å². The van der Waals surface area contributed by atoms with E-state index in [2.05, 4.69) is 4.98 Å². The molecule has 0 spiro atoms. The van der Waals surface area contributed by atoms with E-state index < -0.39 is 9.84 Å². The Morgan fingerprint density at radius 1 is 1.29 bits per heavy atom. The van der Waals surface area contributed by atoms with Gasteiger partial charge in [-0.2, -0.15) is 0 Å². The zero-order valence-electron chi connectivity index (χ0n) is 9.16. The van der Waals surface area contributed by atoms with Gasteiger partial charge in [-0.25, -0.2) is 13.4 Å². The molecule has 0 saturated carbocycles. The first kappa shape index (κ1) is 12.6. The molecule has 2 aromatic rings. The third-order valence-corrected chi connectivity index (χ3v) is 5.85. The Morgan fingerprint density at radius 3 is 2.65 bits per heavy atom. The highest BCUT2D eigenvalue weighted by atomic mass is 32.2. The second kappa shape index (κ2) is 5.20. The smallest absolute Gasteiger partial charge is 0.186 e. The molecular formula is C11H11NO2S3. The van der Waals surface area contributed by atoms with Crippen molar-refractivity contribution in [2.45, 2.75) is 14.9 Å². The molecule has 6 heteroatoms.